The number of nitrogens with two attached hydrogens (primary N) is 2. The molecule has 1 aromatic heterocycles. The third-order valence-electron chi connectivity index (χ3n) is 3.11. The molecule has 2 rings (SSSR count). The highest BCUT2D eigenvalue weighted by Gasteiger charge is 2.08. The Balaban J connectivity index is 1.92. The molecule has 0 radical (unpaired) electrons. The van der Waals surface area contributed by atoms with E-state index < -0.39 is 5.91 Å². The maximum atomic E-state index is 10.8. The maximum Gasteiger partial charge on any atom is 0.255 e. The van der Waals surface area contributed by atoms with Gasteiger partial charge in [0, 0.05) is 23.5 Å². The van der Waals surface area contributed by atoms with E-state index in [4.69, 9.17) is 15.2 Å². The first-order valence-electron chi connectivity index (χ1n) is 6.97. The monoisotopic (exact) mass is 302 g/mol. The predicted octanol–water partition coefficient (Wildman–Crippen LogP) is 0.218. The van der Waals surface area contributed by atoms with Crippen LogP contribution in [0.3, 0.4) is 0 Å². The lowest BCUT2D eigenvalue weighted by Gasteiger charge is -2.11. The van der Waals surface area contributed by atoms with E-state index in [0.717, 1.165) is 18.7 Å². The Labute approximate surface area is 129 Å². The first-order chi connectivity index (χ1) is 10.7. The zero-order valence-corrected chi connectivity index (χ0v) is 12.5. The van der Waals surface area contributed by atoms with Crippen molar-refractivity contribution in [1.29, 1.82) is 0 Å². The number of carbonyl (C=O) groups excluding carboxylic acids is 1. The van der Waals surface area contributed by atoms with Crippen LogP contribution in [0.5, 0.6) is 11.5 Å². The van der Waals surface area contributed by atoms with Crippen LogP contribution in [0.4, 0.5) is 0 Å². The Morgan fingerprint density at radius 1 is 1.14 bits per heavy atom. The normalized spacial score (nSPS) is 10.2. The molecule has 0 unspecified atom stereocenters. The molecule has 1 aromatic carbocycles. The number of rotatable bonds is 8. The molecule has 0 aliphatic rings. The Hall–Kier alpha value is -2.60. The number of pyridine rings is 1. The number of nitrogens with zero attached hydrogens (tertiary/aromatic N) is 1. The van der Waals surface area contributed by atoms with Gasteiger partial charge in [0.2, 0.25) is 0 Å². The molecule has 0 fully saturated rings. The molecule has 0 bridgehead atoms. The van der Waals surface area contributed by atoms with Gasteiger partial charge in [0.15, 0.2) is 18.1 Å². The van der Waals surface area contributed by atoms with E-state index in [1.165, 1.54) is 5.56 Å². The maximum absolute atomic E-state index is 10.8. The molecular formula is C16H20N3O3+. The summed E-state index contributed by atoms with van der Waals surface area (Å²) >= 11 is 0. The third-order valence-corrected chi connectivity index (χ3v) is 3.11. The highest BCUT2D eigenvalue weighted by atomic mass is 16.5. The van der Waals surface area contributed by atoms with Crippen molar-refractivity contribution in [1.82, 2.24) is 4.98 Å². The summed E-state index contributed by atoms with van der Waals surface area (Å²) in [5.74, 6) is 0.590. The van der Waals surface area contributed by atoms with Gasteiger partial charge in [-0.3, -0.25) is 9.78 Å². The lowest BCUT2D eigenvalue weighted by Crippen LogP contribution is -2.80. The van der Waals surface area contributed by atoms with Crippen LogP contribution in [-0.4, -0.2) is 24.6 Å². The van der Waals surface area contributed by atoms with Crippen molar-refractivity contribution in [2.24, 2.45) is 5.73 Å². The number of methoxy groups -OCH3 is 1. The third kappa shape index (κ3) is 4.75. The molecule has 6 nitrogen and oxygen atoms in total. The number of quaternary nitrogens is 1. The number of carbonyl (C=O) groups is 1. The van der Waals surface area contributed by atoms with E-state index in [-0.39, 0.29) is 6.61 Å². The molecule has 22 heavy (non-hydrogen) atoms. The second-order valence-electron chi connectivity index (χ2n) is 4.79. The van der Waals surface area contributed by atoms with E-state index in [1.807, 2.05) is 24.3 Å². The van der Waals surface area contributed by atoms with Gasteiger partial charge in [-0.25, -0.2) is 0 Å². The Bertz CT molecular complexity index is 617. The molecule has 2 aromatic rings. The lowest BCUT2D eigenvalue weighted by atomic mass is 10.2. The van der Waals surface area contributed by atoms with Crippen LogP contribution in [0.25, 0.3) is 0 Å². The summed E-state index contributed by atoms with van der Waals surface area (Å²) in [5, 5.41) is 2.19. The minimum absolute atomic E-state index is 0.163. The predicted molar refractivity (Wildman–Crippen MR) is 81.3 cm³/mol. The molecule has 0 atom stereocenters. The highest BCUT2D eigenvalue weighted by molar-refractivity contribution is 5.75. The number of primary amides is 1. The van der Waals surface area contributed by atoms with Crippen molar-refractivity contribution in [3.63, 3.8) is 0 Å². The van der Waals surface area contributed by atoms with Crippen molar-refractivity contribution >= 4 is 5.91 Å². The van der Waals surface area contributed by atoms with E-state index in [1.54, 1.807) is 25.6 Å². The van der Waals surface area contributed by atoms with Gasteiger partial charge in [-0.2, -0.15) is 0 Å². The zero-order valence-electron chi connectivity index (χ0n) is 12.5. The fraction of sp³-hybridized carbons (Fsp3) is 0.250. The molecule has 0 spiro atoms. The molecule has 1 heterocycles. The summed E-state index contributed by atoms with van der Waals surface area (Å²) in [5.41, 5.74) is 7.40. The van der Waals surface area contributed by atoms with Crippen molar-refractivity contribution in [2.45, 2.75) is 13.1 Å². The minimum atomic E-state index is -0.517. The summed E-state index contributed by atoms with van der Waals surface area (Å²) in [4.78, 5) is 14.8. The number of amides is 1. The number of ether oxygens (including phenoxy) is 2. The van der Waals surface area contributed by atoms with Gasteiger partial charge in [-0.05, 0) is 30.3 Å². The zero-order chi connectivity index (χ0) is 15.8. The average molecular weight is 302 g/mol. The fourth-order valence-electron chi connectivity index (χ4n) is 2.03. The van der Waals surface area contributed by atoms with Gasteiger partial charge in [0.05, 0.1) is 7.11 Å². The quantitative estimate of drug-likeness (QED) is 0.729. The van der Waals surface area contributed by atoms with Gasteiger partial charge in [-0.1, -0.05) is 0 Å². The van der Waals surface area contributed by atoms with Crippen LogP contribution in [0.2, 0.25) is 0 Å². The summed E-state index contributed by atoms with van der Waals surface area (Å²) in [7, 11) is 1.57. The summed E-state index contributed by atoms with van der Waals surface area (Å²) in [6, 6.07) is 9.63. The second kappa shape index (κ2) is 7.99. The molecule has 0 aliphatic heterocycles. The number of hydrogen-bond acceptors (Lipinski definition) is 4. The van der Waals surface area contributed by atoms with Gasteiger partial charge in [0.25, 0.3) is 5.91 Å². The summed E-state index contributed by atoms with van der Waals surface area (Å²) in [6.45, 7) is 1.53. The molecule has 116 valence electrons. The van der Waals surface area contributed by atoms with Crippen molar-refractivity contribution in [2.75, 3.05) is 13.7 Å². The van der Waals surface area contributed by atoms with Crippen molar-refractivity contribution in [3.8, 4) is 11.5 Å². The molecule has 0 saturated carbocycles. The number of aromatic nitrogens is 1. The van der Waals surface area contributed by atoms with Crippen LogP contribution < -0.4 is 20.5 Å². The molecule has 1 amide bonds. The topological polar surface area (TPSA) is 91.1 Å². The largest absolute Gasteiger partial charge is 0.493 e. The first-order valence-corrected chi connectivity index (χ1v) is 6.97. The molecular weight excluding hydrogens is 282 g/mol. The van der Waals surface area contributed by atoms with E-state index >= 15 is 0 Å². The van der Waals surface area contributed by atoms with E-state index in [0.29, 0.717) is 11.5 Å². The molecule has 0 saturated heterocycles. The lowest BCUT2D eigenvalue weighted by molar-refractivity contribution is -0.686. The fourth-order valence-corrected chi connectivity index (χ4v) is 2.03. The van der Waals surface area contributed by atoms with Gasteiger partial charge < -0.3 is 20.5 Å². The smallest absolute Gasteiger partial charge is 0.255 e. The van der Waals surface area contributed by atoms with Gasteiger partial charge in [0.1, 0.15) is 13.1 Å². The Kier molecular flexibility index (Phi) is 5.73. The molecule has 6 heteroatoms. The summed E-state index contributed by atoms with van der Waals surface area (Å²) < 4.78 is 10.6. The van der Waals surface area contributed by atoms with Crippen LogP contribution in [0.1, 0.15) is 11.1 Å². The molecule has 0 aliphatic carbocycles. The summed E-state index contributed by atoms with van der Waals surface area (Å²) in [6.07, 6.45) is 3.58. The van der Waals surface area contributed by atoms with E-state index in [9.17, 15) is 4.79 Å². The van der Waals surface area contributed by atoms with Crippen LogP contribution in [0, 0.1) is 0 Å². The SMILES string of the molecule is COc1cc(C[NH2+]Cc2ccncc2)ccc1OCC(N)=O. The Morgan fingerprint density at radius 3 is 2.55 bits per heavy atom. The van der Waals surface area contributed by atoms with Gasteiger partial charge >= 0.3 is 0 Å². The standard InChI is InChI=1S/C16H19N3O3/c1-21-15-8-13(2-3-14(15)22-11-16(17)20)10-19-9-12-4-6-18-7-5-12/h2-8,19H,9-11H2,1H3,(H2,17,20)/p+1. The highest BCUT2D eigenvalue weighted by Crippen LogP contribution is 2.27. The van der Waals surface area contributed by atoms with Crippen LogP contribution >= 0.6 is 0 Å². The average Bonchev–Trinajstić information content (AvgIpc) is 2.54. The minimum Gasteiger partial charge on any atom is -0.493 e. The van der Waals surface area contributed by atoms with E-state index in [2.05, 4.69) is 10.3 Å². The first kappa shape index (κ1) is 15.8. The number of benzene rings is 1. The second-order valence-corrected chi connectivity index (χ2v) is 4.79. The van der Waals surface area contributed by atoms with Crippen LogP contribution in [-0.2, 0) is 17.9 Å². The number of hydrogen-bond donors (Lipinski definition) is 2. The Morgan fingerprint density at radius 2 is 1.86 bits per heavy atom. The van der Waals surface area contributed by atoms with Crippen molar-refractivity contribution < 1.29 is 19.6 Å². The van der Waals surface area contributed by atoms with Crippen molar-refractivity contribution in [3.05, 3.63) is 53.9 Å². The van der Waals surface area contributed by atoms with Crippen LogP contribution in [0.15, 0.2) is 42.7 Å². The van der Waals surface area contributed by atoms with Gasteiger partial charge in [-0.15, -0.1) is 0 Å². The molecule has 4 N–H and O–H groups in total.